The Morgan fingerprint density at radius 3 is 2.45 bits per heavy atom. The predicted molar refractivity (Wildman–Crippen MR) is 83.1 cm³/mol. The molecule has 20 heavy (non-hydrogen) atoms. The highest BCUT2D eigenvalue weighted by molar-refractivity contribution is 5.29. The highest BCUT2D eigenvalue weighted by Crippen LogP contribution is 2.10. The molecule has 0 atom stereocenters. The van der Waals surface area contributed by atoms with Gasteiger partial charge in [-0.2, -0.15) is 0 Å². The van der Waals surface area contributed by atoms with Gasteiger partial charge in [0.15, 0.2) is 0 Å². The van der Waals surface area contributed by atoms with E-state index < -0.39 is 0 Å². The molecule has 1 aliphatic rings. The maximum Gasteiger partial charge on any atom is 0.225 e. The maximum absolute atomic E-state index is 4.32. The number of piperazine rings is 1. The topological polar surface area (TPSA) is 44.3 Å². The largest absolute Gasteiger partial charge is 0.338 e. The monoisotopic (exact) mass is 277 g/mol. The van der Waals surface area contributed by atoms with E-state index in [4.69, 9.17) is 0 Å². The Morgan fingerprint density at radius 1 is 1.10 bits per heavy atom. The quantitative estimate of drug-likeness (QED) is 0.763. The SMILES string of the molecule is CC(C)NCCCCN1CCN(c2ncccn2)CC1. The summed E-state index contributed by atoms with van der Waals surface area (Å²) in [6.07, 6.45) is 6.18. The summed E-state index contributed by atoms with van der Waals surface area (Å²) in [4.78, 5) is 13.5. The van der Waals surface area contributed by atoms with E-state index in [2.05, 4.69) is 38.9 Å². The van der Waals surface area contributed by atoms with E-state index in [1.807, 2.05) is 18.5 Å². The molecule has 112 valence electrons. The average Bonchev–Trinajstić information content (AvgIpc) is 2.48. The lowest BCUT2D eigenvalue weighted by Crippen LogP contribution is -2.47. The number of aromatic nitrogens is 2. The standard InChI is InChI=1S/C15H27N5/c1-14(2)16-6-3-4-9-19-10-12-20(13-11-19)15-17-7-5-8-18-15/h5,7-8,14,16H,3-4,6,9-13H2,1-2H3. The molecule has 1 saturated heterocycles. The molecule has 1 fully saturated rings. The van der Waals surface area contributed by atoms with Gasteiger partial charge in [0.25, 0.3) is 0 Å². The summed E-state index contributed by atoms with van der Waals surface area (Å²) in [7, 11) is 0. The number of unbranched alkanes of at least 4 members (excludes halogenated alkanes) is 1. The lowest BCUT2D eigenvalue weighted by atomic mass is 10.2. The van der Waals surface area contributed by atoms with Crippen LogP contribution in [0.15, 0.2) is 18.5 Å². The highest BCUT2D eigenvalue weighted by Gasteiger charge is 2.17. The fourth-order valence-electron chi connectivity index (χ4n) is 2.48. The minimum Gasteiger partial charge on any atom is -0.338 e. The van der Waals surface area contributed by atoms with E-state index in [0.29, 0.717) is 6.04 Å². The van der Waals surface area contributed by atoms with Crippen molar-refractivity contribution in [1.82, 2.24) is 20.2 Å². The molecule has 5 nitrogen and oxygen atoms in total. The molecule has 5 heteroatoms. The lowest BCUT2D eigenvalue weighted by molar-refractivity contribution is 0.251. The van der Waals surface area contributed by atoms with Crippen LogP contribution >= 0.6 is 0 Å². The van der Waals surface area contributed by atoms with E-state index in [1.54, 1.807) is 0 Å². The first-order chi connectivity index (χ1) is 9.75. The molecule has 2 heterocycles. The molecule has 1 aliphatic heterocycles. The van der Waals surface area contributed by atoms with Crippen LogP contribution in [0.5, 0.6) is 0 Å². The first kappa shape index (κ1) is 15.2. The van der Waals surface area contributed by atoms with E-state index in [0.717, 1.165) is 38.7 Å². The Balaban J connectivity index is 1.60. The number of nitrogens with zero attached hydrogens (tertiary/aromatic N) is 4. The number of hydrogen-bond donors (Lipinski definition) is 1. The Morgan fingerprint density at radius 2 is 1.80 bits per heavy atom. The van der Waals surface area contributed by atoms with Crippen molar-refractivity contribution < 1.29 is 0 Å². The van der Waals surface area contributed by atoms with E-state index in [-0.39, 0.29) is 0 Å². The third kappa shape index (κ3) is 5.06. The van der Waals surface area contributed by atoms with Crippen LogP contribution in [0, 0.1) is 0 Å². The first-order valence-electron chi connectivity index (χ1n) is 7.73. The molecule has 2 rings (SSSR count). The molecule has 0 spiro atoms. The van der Waals surface area contributed by atoms with E-state index in [9.17, 15) is 0 Å². The van der Waals surface area contributed by atoms with Crippen molar-refractivity contribution in [2.24, 2.45) is 0 Å². The van der Waals surface area contributed by atoms with Gasteiger partial charge in [-0.15, -0.1) is 0 Å². The lowest BCUT2D eigenvalue weighted by Gasteiger charge is -2.34. The molecule has 0 bridgehead atoms. The zero-order valence-corrected chi connectivity index (χ0v) is 12.8. The zero-order valence-electron chi connectivity index (χ0n) is 12.8. The second-order valence-electron chi connectivity index (χ2n) is 5.69. The van der Waals surface area contributed by atoms with Crippen molar-refractivity contribution in [3.05, 3.63) is 18.5 Å². The summed E-state index contributed by atoms with van der Waals surface area (Å²) in [5.74, 6) is 0.869. The molecule has 0 amide bonds. The number of rotatable bonds is 7. The summed E-state index contributed by atoms with van der Waals surface area (Å²) in [5, 5.41) is 3.47. The minimum absolute atomic E-state index is 0.601. The Hall–Kier alpha value is -1.20. The van der Waals surface area contributed by atoms with Crippen molar-refractivity contribution in [1.29, 1.82) is 0 Å². The fraction of sp³-hybridized carbons (Fsp3) is 0.733. The van der Waals surface area contributed by atoms with Gasteiger partial charge >= 0.3 is 0 Å². The molecule has 0 aliphatic carbocycles. The van der Waals surface area contributed by atoms with Crippen molar-refractivity contribution in [2.75, 3.05) is 44.2 Å². The van der Waals surface area contributed by atoms with Crippen LogP contribution in [0.25, 0.3) is 0 Å². The summed E-state index contributed by atoms with van der Waals surface area (Å²) < 4.78 is 0. The summed E-state index contributed by atoms with van der Waals surface area (Å²) >= 11 is 0. The van der Waals surface area contributed by atoms with Crippen LogP contribution in [0.4, 0.5) is 5.95 Å². The fourth-order valence-corrected chi connectivity index (χ4v) is 2.48. The minimum atomic E-state index is 0.601. The van der Waals surface area contributed by atoms with Gasteiger partial charge in [-0.05, 0) is 32.0 Å². The summed E-state index contributed by atoms with van der Waals surface area (Å²) in [6, 6.07) is 2.47. The Bertz CT molecular complexity index is 360. The molecular formula is C15H27N5. The van der Waals surface area contributed by atoms with Crippen LogP contribution in [-0.4, -0.2) is 60.2 Å². The second-order valence-corrected chi connectivity index (χ2v) is 5.69. The summed E-state index contributed by atoms with van der Waals surface area (Å²) in [6.45, 7) is 11.1. The molecule has 1 aromatic heterocycles. The molecule has 0 radical (unpaired) electrons. The zero-order chi connectivity index (χ0) is 14.2. The number of anilines is 1. The van der Waals surface area contributed by atoms with Gasteiger partial charge < -0.3 is 10.2 Å². The second kappa shape index (κ2) is 8.17. The molecule has 0 saturated carbocycles. The van der Waals surface area contributed by atoms with E-state index in [1.165, 1.54) is 19.4 Å². The van der Waals surface area contributed by atoms with Gasteiger partial charge in [-0.1, -0.05) is 13.8 Å². The van der Waals surface area contributed by atoms with Crippen LogP contribution in [0.3, 0.4) is 0 Å². The van der Waals surface area contributed by atoms with Crippen molar-refractivity contribution in [3.8, 4) is 0 Å². The van der Waals surface area contributed by atoms with Crippen molar-refractivity contribution in [3.63, 3.8) is 0 Å². The van der Waals surface area contributed by atoms with Crippen LogP contribution in [0.1, 0.15) is 26.7 Å². The molecule has 0 aromatic carbocycles. The van der Waals surface area contributed by atoms with Crippen LogP contribution < -0.4 is 10.2 Å². The highest BCUT2D eigenvalue weighted by atomic mass is 15.3. The van der Waals surface area contributed by atoms with Gasteiger partial charge in [0.2, 0.25) is 5.95 Å². The van der Waals surface area contributed by atoms with Gasteiger partial charge in [-0.3, -0.25) is 4.90 Å². The first-order valence-corrected chi connectivity index (χ1v) is 7.73. The summed E-state index contributed by atoms with van der Waals surface area (Å²) in [5.41, 5.74) is 0. The molecular weight excluding hydrogens is 250 g/mol. The number of nitrogens with one attached hydrogen (secondary N) is 1. The number of hydrogen-bond acceptors (Lipinski definition) is 5. The van der Waals surface area contributed by atoms with Gasteiger partial charge in [0.1, 0.15) is 0 Å². The van der Waals surface area contributed by atoms with Gasteiger partial charge in [0, 0.05) is 44.6 Å². The molecule has 0 unspecified atom stereocenters. The molecule has 1 N–H and O–H groups in total. The average molecular weight is 277 g/mol. The van der Waals surface area contributed by atoms with E-state index >= 15 is 0 Å². The van der Waals surface area contributed by atoms with Crippen LogP contribution in [-0.2, 0) is 0 Å². The van der Waals surface area contributed by atoms with Crippen molar-refractivity contribution >= 4 is 5.95 Å². The van der Waals surface area contributed by atoms with Gasteiger partial charge in [0.05, 0.1) is 0 Å². The Labute approximate surface area is 122 Å². The smallest absolute Gasteiger partial charge is 0.225 e. The third-order valence-corrected chi connectivity index (χ3v) is 3.66. The van der Waals surface area contributed by atoms with Gasteiger partial charge in [-0.25, -0.2) is 9.97 Å². The Kier molecular flexibility index (Phi) is 6.21. The predicted octanol–water partition coefficient (Wildman–Crippen LogP) is 1.38. The van der Waals surface area contributed by atoms with Crippen molar-refractivity contribution in [2.45, 2.75) is 32.7 Å². The normalized spacial score (nSPS) is 16.9. The third-order valence-electron chi connectivity index (χ3n) is 3.66. The maximum atomic E-state index is 4.32. The molecule has 1 aromatic rings. The van der Waals surface area contributed by atoms with Crippen LogP contribution in [0.2, 0.25) is 0 Å².